The Balaban J connectivity index is 1.61. The fraction of sp³-hybridized carbons (Fsp3) is 0.714. The van der Waals surface area contributed by atoms with E-state index < -0.39 is 0 Å². The highest BCUT2D eigenvalue weighted by molar-refractivity contribution is 8.00. The van der Waals surface area contributed by atoms with E-state index >= 15 is 0 Å². The Labute approximate surface area is 130 Å². The standard InChI is InChI=1S/C14H24N4S2/c1-12-4-8-18(9-5-12)13(15-2)16-6-3-10-19-14-17-7-11-20-14/h7,11-12H,3-6,8-10H2,1-2H3,(H,15,16). The third-order valence-corrected chi connectivity index (χ3v) is 5.59. The molecule has 1 saturated heterocycles. The lowest BCUT2D eigenvalue weighted by molar-refractivity contribution is 0.273. The van der Waals surface area contributed by atoms with Gasteiger partial charge in [-0.25, -0.2) is 4.98 Å². The van der Waals surface area contributed by atoms with E-state index in [0.717, 1.165) is 43.7 Å². The van der Waals surface area contributed by atoms with Crippen LogP contribution in [0.5, 0.6) is 0 Å². The maximum absolute atomic E-state index is 4.40. The second kappa shape index (κ2) is 8.52. The number of likely N-dealkylation sites (tertiary alicyclic amines) is 1. The van der Waals surface area contributed by atoms with Gasteiger partial charge in [0.1, 0.15) is 4.34 Å². The summed E-state index contributed by atoms with van der Waals surface area (Å²) in [6.45, 7) is 5.59. The maximum atomic E-state index is 4.40. The monoisotopic (exact) mass is 312 g/mol. The van der Waals surface area contributed by atoms with Crippen LogP contribution in [-0.2, 0) is 0 Å². The highest BCUT2D eigenvalue weighted by Crippen LogP contribution is 2.20. The van der Waals surface area contributed by atoms with Gasteiger partial charge in [0.05, 0.1) is 0 Å². The molecule has 1 aromatic heterocycles. The molecule has 0 atom stereocenters. The van der Waals surface area contributed by atoms with Crippen LogP contribution in [0.4, 0.5) is 0 Å². The van der Waals surface area contributed by atoms with Gasteiger partial charge < -0.3 is 10.2 Å². The highest BCUT2D eigenvalue weighted by Gasteiger charge is 2.18. The van der Waals surface area contributed by atoms with E-state index in [0.29, 0.717) is 0 Å². The zero-order valence-corrected chi connectivity index (χ0v) is 14.0. The van der Waals surface area contributed by atoms with Gasteiger partial charge in [-0.2, -0.15) is 0 Å². The molecule has 6 heteroatoms. The molecule has 1 aliphatic rings. The molecule has 2 heterocycles. The Morgan fingerprint density at radius 1 is 1.55 bits per heavy atom. The third-order valence-electron chi connectivity index (χ3n) is 3.53. The molecular weight excluding hydrogens is 288 g/mol. The van der Waals surface area contributed by atoms with Crippen molar-refractivity contribution in [2.75, 3.05) is 32.4 Å². The van der Waals surface area contributed by atoms with Crippen molar-refractivity contribution in [3.8, 4) is 0 Å². The maximum Gasteiger partial charge on any atom is 0.193 e. The Hall–Kier alpha value is -0.750. The minimum Gasteiger partial charge on any atom is -0.356 e. The summed E-state index contributed by atoms with van der Waals surface area (Å²) in [4.78, 5) is 11.1. The lowest BCUT2D eigenvalue weighted by atomic mass is 10.00. The van der Waals surface area contributed by atoms with E-state index in [9.17, 15) is 0 Å². The fourth-order valence-corrected chi connectivity index (χ4v) is 3.91. The average molecular weight is 313 g/mol. The first kappa shape index (κ1) is 15.6. The molecule has 1 aliphatic heterocycles. The molecule has 20 heavy (non-hydrogen) atoms. The van der Waals surface area contributed by atoms with Crippen molar-refractivity contribution in [2.45, 2.75) is 30.5 Å². The number of rotatable bonds is 5. The molecule has 0 aromatic carbocycles. The number of piperidine rings is 1. The molecule has 0 radical (unpaired) electrons. The van der Waals surface area contributed by atoms with Crippen LogP contribution in [0, 0.1) is 5.92 Å². The van der Waals surface area contributed by atoms with Crippen molar-refractivity contribution in [2.24, 2.45) is 10.9 Å². The lowest BCUT2D eigenvalue weighted by Crippen LogP contribution is -2.45. The van der Waals surface area contributed by atoms with Crippen LogP contribution >= 0.6 is 23.1 Å². The number of thioether (sulfide) groups is 1. The predicted molar refractivity (Wildman–Crippen MR) is 88.8 cm³/mol. The molecule has 1 N–H and O–H groups in total. The van der Waals surface area contributed by atoms with E-state index in [2.05, 4.69) is 27.1 Å². The van der Waals surface area contributed by atoms with Gasteiger partial charge in [0.15, 0.2) is 5.96 Å². The first-order valence-corrected chi connectivity index (χ1v) is 9.14. The Morgan fingerprint density at radius 2 is 2.35 bits per heavy atom. The number of hydrogen-bond donors (Lipinski definition) is 1. The zero-order valence-electron chi connectivity index (χ0n) is 12.3. The van der Waals surface area contributed by atoms with Gasteiger partial charge in [-0.3, -0.25) is 4.99 Å². The van der Waals surface area contributed by atoms with Gasteiger partial charge in [-0.1, -0.05) is 18.7 Å². The Bertz CT molecular complexity index is 397. The van der Waals surface area contributed by atoms with Gasteiger partial charge in [-0.15, -0.1) is 11.3 Å². The smallest absolute Gasteiger partial charge is 0.193 e. The number of nitrogens with one attached hydrogen (secondary N) is 1. The normalized spacial score (nSPS) is 17.5. The molecule has 0 unspecified atom stereocenters. The van der Waals surface area contributed by atoms with Crippen LogP contribution in [0.3, 0.4) is 0 Å². The van der Waals surface area contributed by atoms with Crippen molar-refractivity contribution >= 4 is 29.1 Å². The van der Waals surface area contributed by atoms with E-state index in [-0.39, 0.29) is 0 Å². The van der Waals surface area contributed by atoms with Crippen LogP contribution in [0.2, 0.25) is 0 Å². The van der Waals surface area contributed by atoms with Crippen molar-refractivity contribution in [1.29, 1.82) is 0 Å². The second-order valence-corrected chi connectivity index (χ2v) is 7.38. The van der Waals surface area contributed by atoms with Crippen LogP contribution < -0.4 is 5.32 Å². The summed E-state index contributed by atoms with van der Waals surface area (Å²) in [7, 11) is 1.88. The summed E-state index contributed by atoms with van der Waals surface area (Å²) in [6.07, 6.45) is 5.55. The van der Waals surface area contributed by atoms with Crippen molar-refractivity contribution < 1.29 is 0 Å². The molecule has 0 spiro atoms. The SMILES string of the molecule is CN=C(NCCCSc1nccs1)N1CCC(C)CC1. The third kappa shape index (κ3) is 4.98. The summed E-state index contributed by atoms with van der Waals surface area (Å²) in [5.74, 6) is 3.03. The predicted octanol–water partition coefficient (Wildman–Crippen LogP) is 2.93. The van der Waals surface area contributed by atoms with Crippen LogP contribution in [0.1, 0.15) is 26.2 Å². The van der Waals surface area contributed by atoms with Gasteiger partial charge in [0.2, 0.25) is 0 Å². The van der Waals surface area contributed by atoms with Crippen LogP contribution in [-0.4, -0.2) is 48.3 Å². The molecule has 4 nitrogen and oxygen atoms in total. The largest absolute Gasteiger partial charge is 0.356 e. The first-order chi connectivity index (χ1) is 9.79. The van der Waals surface area contributed by atoms with E-state index in [1.165, 1.54) is 17.2 Å². The first-order valence-electron chi connectivity index (χ1n) is 7.27. The minimum absolute atomic E-state index is 0.860. The quantitative estimate of drug-likeness (QED) is 0.393. The summed E-state index contributed by atoms with van der Waals surface area (Å²) < 4.78 is 1.17. The molecule has 0 saturated carbocycles. The summed E-state index contributed by atoms with van der Waals surface area (Å²) in [6, 6.07) is 0. The van der Waals surface area contributed by atoms with Gasteiger partial charge in [-0.05, 0) is 25.2 Å². The Kier molecular flexibility index (Phi) is 6.66. The Morgan fingerprint density at radius 3 is 3.00 bits per heavy atom. The summed E-state index contributed by atoms with van der Waals surface area (Å²) in [5, 5.41) is 5.51. The molecule has 1 aromatic rings. The van der Waals surface area contributed by atoms with E-state index in [1.54, 1.807) is 11.3 Å². The molecule has 0 amide bonds. The minimum atomic E-state index is 0.860. The molecule has 0 bridgehead atoms. The van der Waals surface area contributed by atoms with Crippen LogP contribution in [0.15, 0.2) is 20.9 Å². The van der Waals surface area contributed by atoms with Gasteiger partial charge in [0.25, 0.3) is 0 Å². The average Bonchev–Trinajstić information content (AvgIpc) is 2.97. The topological polar surface area (TPSA) is 40.5 Å². The number of hydrogen-bond acceptors (Lipinski definition) is 4. The number of aliphatic imine (C=N–C) groups is 1. The van der Waals surface area contributed by atoms with E-state index in [1.807, 2.05) is 30.4 Å². The molecule has 1 fully saturated rings. The van der Waals surface area contributed by atoms with Gasteiger partial charge in [0, 0.05) is 44.0 Å². The molecular formula is C14H24N4S2. The molecule has 0 aliphatic carbocycles. The van der Waals surface area contributed by atoms with E-state index in [4.69, 9.17) is 0 Å². The van der Waals surface area contributed by atoms with Crippen molar-refractivity contribution in [1.82, 2.24) is 15.2 Å². The molecule has 2 rings (SSSR count). The number of guanidine groups is 1. The van der Waals surface area contributed by atoms with Gasteiger partial charge >= 0.3 is 0 Å². The number of nitrogens with zero attached hydrogens (tertiary/aromatic N) is 3. The highest BCUT2D eigenvalue weighted by atomic mass is 32.2. The van der Waals surface area contributed by atoms with Crippen LogP contribution in [0.25, 0.3) is 0 Å². The van der Waals surface area contributed by atoms with Crippen molar-refractivity contribution in [3.63, 3.8) is 0 Å². The molecule has 112 valence electrons. The second-order valence-electron chi connectivity index (χ2n) is 5.14. The zero-order chi connectivity index (χ0) is 14.2. The number of aromatic nitrogens is 1. The summed E-state index contributed by atoms with van der Waals surface area (Å²) in [5.41, 5.74) is 0. The van der Waals surface area contributed by atoms with Crippen molar-refractivity contribution in [3.05, 3.63) is 11.6 Å². The summed E-state index contributed by atoms with van der Waals surface area (Å²) >= 11 is 3.55. The fourth-order valence-electron chi connectivity index (χ4n) is 2.27. The number of thiazole rings is 1. The lowest BCUT2D eigenvalue weighted by Gasteiger charge is -2.32.